The van der Waals surface area contributed by atoms with Crippen LogP contribution in [0.2, 0.25) is 0 Å². The molecule has 1 aliphatic heterocycles. The molecule has 0 atom stereocenters. The van der Waals surface area contributed by atoms with Crippen LogP contribution in [0.1, 0.15) is 42.6 Å². The highest BCUT2D eigenvalue weighted by molar-refractivity contribution is 5.89. The quantitative estimate of drug-likeness (QED) is 0.859. The van der Waals surface area contributed by atoms with Crippen LogP contribution in [-0.2, 0) is 4.74 Å². The Kier molecular flexibility index (Phi) is 4.41. The fourth-order valence-electron chi connectivity index (χ4n) is 2.58. The number of carbonyl (C=O) groups excluding carboxylic acids is 1. The Morgan fingerprint density at radius 1 is 1.30 bits per heavy atom. The molecule has 0 aliphatic carbocycles. The van der Waals surface area contributed by atoms with Gasteiger partial charge in [-0.3, -0.25) is 0 Å². The van der Waals surface area contributed by atoms with E-state index in [0.717, 1.165) is 25.9 Å². The Bertz CT molecular complexity index is 508. The van der Waals surface area contributed by atoms with Crippen molar-refractivity contribution >= 4 is 5.97 Å². The van der Waals surface area contributed by atoms with E-state index in [2.05, 4.69) is 5.32 Å². The summed E-state index contributed by atoms with van der Waals surface area (Å²) in [7, 11) is 0. The molecule has 0 bridgehead atoms. The van der Waals surface area contributed by atoms with Crippen molar-refractivity contribution in [2.24, 2.45) is 5.92 Å². The molecule has 0 spiro atoms. The zero-order valence-electron chi connectivity index (χ0n) is 12.0. The van der Waals surface area contributed by atoms with Crippen molar-refractivity contribution in [1.29, 1.82) is 5.26 Å². The summed E-state index contributed by atoms with van der Waals surface area (Å²) < 4.78 is 5.69. The molecule has 1 fully saturated rings. The van der Waals surface area contributed by atoms with Gasteiger partial charge in [0.2, 0.25) is 0 Å². The Labute approximate surface area is 119 Å². The third-order valence-electron chi connectivity index (χ3n) is 3.93. The Morgan fingerprint density at radius 3 is 2.45 bits per heavy atom. The van der Waals surface area contributed by atoms with Gasteiger partial charge in [-0.15, -0.1) is 0 Å². The van der Waals surface area contributed by atoms with Crippen LogP contribution in [0, 0.1) is 17.2 Å². The van der Waals surface area contributed by atoms with Gasteiger partial charge in [0.25, 0.3) is 0 Å². The number of benzene rings is 1. The lowest BCUT2D eigenvalue weighted by Crippen LogP contribution is -2.42. The molecule has 20 heavy (non-hydrogen) atoms. The molecular formula is C16H20N2O2. The summed E-state index contributed by atoms with van der Waals surface area (Å²) in [6.45, 7) is 5.90. The van der Waals surface area contributed by atoms with E-state index < -0.39 is 5.60 Å². The van der Waals surface area contributed by atoms with Crippen LogP contribution >= 0.6 is 0 Å². The van der Waals surface area contributed by atoms with Crippen molar-refractivity contribution in [2.75, 3.05) is 13.1 Å². The summed E-state index contributed by atoms with van der Waals surface area (Å²) in [5, 5.41) is 12.1. The van der Waals surface area contributed by atoms with Crippen molar-refractivity contribution in [2.45, 2.75) is 32.3 Å². The molecule has 1 N–H and O–H groups in total. The fourth-order valence-corrected chi connectivity index (χ4v) is 2.58. The van der Waals surface area contributed by atoms with Gasteiger partial charge in [0.05, 0.1) is 17.2 Å². The van der Waals surface area contributed by atoms with E-state index >= 15 is 0 Å². The molecule has 1 aromatic carbocycles. The number of nitrogens with one attached hydrogen (secondary N) is 1. The van der Waals surface area contributed by atoms with E-state index in [0.29, 0.717) is 17.0 Å². The normalized spacial score (nSPS) is 16.4. The molecule has 0 amide bonds. The number of carbonyl (C=O) groups is 1. The van der Waals surface area contributed by atoms with Gasteiger partial charge in [-0.05, 0) is 64.0 Å². The maximum Gasteiger partial charge on any atom is 0.338 e. The number of esters is 1. The second-order valence-corrected chi connectivity index (χ2v) is 5.71. The number of ether oxygens (including phenoxy) is 1. The van der Waals surface area contributed by atoms with Crippen LogP contribution in [0.4, 0.5) is 0 Å². The van der Waals surface area contributed by atoms with Crippen molar-refractivity contribution in [3.8, 4) is 6.07 Å². The zero-order chi connectivity index (χ0) is 14.6. The second kappa shape index (κ2) is 6.06. The average Bonchev–Trinajstić information content (AvgIpc) is 2.48. The van der Waals surface area contributed by atoms with E-state index in [9.17, 15) is 4.79 Å². The molecule has 1 heterocycles. The number of piperidine rings is 1. The predicted molar refractivity (Wildman–Crippen MR) is 76.2 cm³/mol. The van der Waals surface area contributed by atoms with Gasteiger partial charge in [-0.1, -0.05) is 0 Å². The monoisotopic (exact) mass is 272 g/mol. The lowest BCUT2D eigenvalue weighted by atomic mass is 9.83. The molecule has 1 aliphatic rings. The molecule has 1 aromatic rings. The summed E-state index contributed by atoms with van der Waals surface area (Å²) >= 11 is 0. The summed E-state index contributed by atoms with van der Waals surface area (Å²) in [4.78, 5) is 12.2. The van der Waals surface area contributed by atoms with Gasteiger partial charge in [-0.2, -0.15) is 5.26 Å². The second-order valence-electron chi connectivity index (χ2n) is 5.71. The molecular weight excluding hydrogens is 252 g/mol. The lowest BCUT2D eigenvalue weighted by molar-refractivity contribution is -0.0368. The van der Waals surface area contributed by atoms with Crippen LogP contribution < -0.4 is 5.32 Å². The van der Waals surface area contributed by atoms with Crippen LogP contribution in [0.15, 0.2) is 24.3 Å². The minimum atomic E-state index is -0.465. The first-order chi connectivity index (χ1) is 9.53. The molecule has 2 rings (SSSR count). The number of hydrogen-bond acceptors (Lipinski definition) is 4. The SMILES string of the molecule is CC(C)(OC(=O)c1ccc(C#N)cc1)C1CCNCC1. The molecule has 0 radical (unpaired) electrons. The smallest absolute Gasteiger partial charge is 0.338 e. The van der Waals surface area contributed by atoms with Gasteiger partial charge in [0.1, 0.15) is 5.60 Å². The van der Waals surface area contributed by atoms with E-state index in [1.54, 1.807) is 24.3 Å². The third kappa shape index (κ3) is 3.37. The maximum absolute atomic E-state index is 12.2. The average molecular weight is 272 g/mol. The minimum absolute atomic E-state index is 0.321. The van der Waals surface area contributed by atoms with Gasteiger partial charge in [0, 0.05) is 5.92 Å². The first-order valence-electron chi connectivity index (χ1n) is 6.97. The standard InChI is InChI=1S/C16H20N2O2/c1-16(2,14-7-9-18-10-8-14)20-15(19)13-5-3-12(11-17)4-6-13/h3-6,14,18H,7-10H2,1-2H3. The van der Waals surface area contributed by atoms with Crippen molar-refractivity contribution < 1.29 is 9.53 Å². The third-order valence-corrected chi connectivity index (χ3v) is 3.93. The summed E-state index contributed by atoms with van der Waals surface area (Å²) in [6, 6.07) is 8.58. The molecule has 1 saturated heterocycles. The fraction of sp³-hybridized carbons (Fsp3) is 0.500. The molecule has 106 valence electrons. The summed E-state index contributed by atoms with van der Waals surface area (Å²) in [5.41, 5.74) is 0.567. The maximum atomic E-state index is 12.2. The van der Waals surface area contributed by atoms with Gasteiger partial charge in [0.15, 0.2) is 0 Å². The topological polar surface area (TPSA) is 62.1 Å². The first-order valence-corrected chi connectivity index (χ1v) is 6.97. The van der Waals surface area contributed by atoms with E-state index in [-0.39, 0.29) is 5.97 Å². The van der Waals surface area contributed by atoms with Gasteiger partial charge < -0.3 is 10.1 Å². The highest BCUT2D eigenvalue weighted by Gasteiger charge is 2.34. The van der Waals surface area contributed by atoms with Crippen LogP contribution in [0.3, 0.4) is 0 Å². The Hall–Kier alpha value is -1.86. The Morgan fingerprint density at radius 2 is 1.90 bits per heavy atom. The van der Waals surface area contributed by atoms with E-state index in [1.807, 2.05) is 19.9 Å². The summed E-state index contributed by atoms with van der Waals surface area (Å²) in [5.74, 6) is 0.0594. The molecule has 0 aromatic heterocycles. The van der Waals surface area contributed by atoms with Crippen LogP contribution in [0.5, 0.6) is 0 Å². The first kappa shape index (κ1) is 14.5. The molecule has 4 nitrogen and oxygen atoms in total. The van der Waals surface area contributed by atoms with Crippen LogP contribution in [0.25, 0.3) is 0 Å². The molecule has 4 heteroatoms. The lowest BCUT2D eigenvalue weighted by Gasteiger charge is -2.36. The van der Waals surface area contributed by atoms with Gasteiger partial charge in [-0.25, -0.2) is 4.79 Å². The molecule has 0 unspecified atom stereocenters. The van der Waals surface area contributed by atoms with Crippen molar-refractivity contribution in [3.63, 3.8) is 0 Å². The van der Waals surface area contributed by atoms with Crippen molar-refractivity contribution in [1.82, 2.24) is 5.32 Å². The number of nitriles is 1. The largest absolute Gasteiger partial charge is 0.456 e. The molecule has 0 saturated carbocycles. The van der Waals surface area contributed by atoms with Crippen molar-refractivity contribution in [3.05, 3.63) is 35.4 Å². The number of nitrogens with zero attached hydrogens (tertiary/aromatic N) is 1. The minimum Gasteiger partial charge on any atom is -0.456 e. The number of rotatable bonds is 3. The predicted octanol–water partition coefficient (Wildman–Crippen LogP) is 2.49. The van der Waals surface area contributed by atoms with Gasteiger partial charge >= 0.3 is 5.97 Å². The van der Waals surface area contributed by atoms with E-state index in [4.69, 9.17) is 10.00 Å². The highest BCUT2D eigenvalue weighted by Crippen LogP contribution is 2.29. The zero-order valence-corrected chi connectivity index (χ0v) is 12.0. The summed E-state index contributed by atoms with van der Waals surface area (Å²) in [6.07, 6.45) is 2.04. The Balaban J connectivity index is 2.03. The highest BCUT2D eigenvalue weighted by atomic mass is 16.6. The van der Waals surface area contributed by atoms with E-state index in [1.165, 1.54) is 0 Å². The van der Waals surface area contributed by atoms with Crippen LogP contribution in [-0.4, -0.2) is 24.7 Å². The number of hydrogen-bond donors (Lipinski definition) is 1.